The van der Waals surface area contributed by atoms with Gasteiger partial charge < -0.3 is 10.6 Å². The van der Waals surface area contributed by atoms with Crippen molar-refractivity contribution in [2.24, 2.45) is 28.7 Å². The second-order valence-electron chi connectivity index (χ2n) is 7.31. The zero-order valence-corrected chi connectivity index (χ0v) is 19.2. The molecule has 2 fully saturated rings. The number of rotatable bonds is 6. The normalized spacial score (nSPS) is 27.9. The number of aliphatic imine (C=N–C) groups is 1. The summed E-state index contributed by atoms with van der Waals surface area (Å²) in [6, 6.07) is 0. The Morgan fingerprint density at radius 1 is 1.25 bits per heavy atom. The average molecular weight is 515 g/mol. The first-order chi connectivity index (χ1) is 13.1. The predicted molar refractivity (Wildman–Crippen MR) is 120 cm³/mol. The number of fused-ring (bicyclic) bond motifs is 5. The lowest BCUT2D eigenvalue weighted by molar-refractivity contribution is -0.140. The highest BCUT2D eigenvalue weighted by Crippen LogP contribution is 2.52. The van der Waals surface area contributed by atoms with E-state index in [1.54, 1.807) is 11.3 Å². The highest BCUT2D eigenvalue weighted by Gasteiger charge is 2.58. The van der Waals surface area contributed by atoms with Gasteiger partial charge in [0.25, 0.3) is 0 Å². The van der Waals surface area contributed by atoms with E-state index in [0.717, 1.165) is 23.5 Å². The largest absolute Gasteiger partial charge is 0.357 e. The van der Waals surface area contributed by atoms with Crippen LogP contribution in [0.25, 0.3) is 0 Å². The summed E-state index contributed by atoms with van der Waals surface area (Å²) in [5.41, 5.74) is 2.83. The summed E-state index contributed by atoms with van der Waals surface area (Å²) < 4.78 is 0. The van der Waals surface area contributed by atoms with Crippen LogP contribution in [0.1, 0.15) is 23.9 Å². The van der Waals surface area contributed by atoms with Crippen LogP contribution in [0.4, 0.5) is 0 Å². The Morgan fingerprint density at radius 2 is 1.93 bits per heavy atom. The lowest BCUT2D eigenvalue weighted by atomic mass is 9.85. The topological polar surface area (TPSA) is 86.7 Å². The van der Waals surface area contributed by atoms with Crippen LogP contribution in [-0.4, -0.2) is 47.3 Å². The summed E-state index contributed by atoms with van der Waals surface area (Å²) in [5.74, 6) is 0.974. The standard InChI is InChI=1S/C19H25N5O2S.HI/c1-3-20-19(22-9-14-11(2)23-10-27-14)21-6-7-24-17(25)15-12-4-5-13(8-12)16(15)18(24)26;/h4-5,10,12-13,15-16H,3,6-9H2,1-2H3,(H2,20,21,22);1H. The van der Waals surface area contributed by atoms with E-state index in [1.807, 2.05) is 19.4 Å². The van der Waals surface area contributed by atoms with Gasteiger partial charge in [-0.3, -0.25) is 14.5 Å². The molecule has 4 unspecified atom stereocenters. The number of halogens is 1. The molecule has 2 aliphatic carbocycles. The number of amides is 2. The highest BCUT2D eigenvalue weighted by molar-refractivity contribution is 14.0. The summed E-state index contributed by atoms with van der Waals surface area (Å²) >= 11 is 1.59. The molecule has 3 aliphatic rings. The van der Waals surface area contributed by atoms with Gasteiger partial charge >= 0.3 is 0 Å². The smallest absolute Gasteiger partial charge is 0.233 e. The quantitative estimate of drug-likeness (QED) is 0.199. The molecule has 2 amide bonds. The number of hydrogen-bond acceptors (Lipinski definition) is 5. The average Bonchev–Trinajstić information content (AvgIpc) is 3.41. The molecule has 152 valence electrons. The maximum atomic E-state index is 12.7. The number of carbonyl (C=O) groups is 2. The zero-order chi connectivity index (χ0) is 19.0. The summed E-state index contributed by atoms with van der Waals surface area (Å²) in [6.07, 6.45) is 5.21. The van der Waals surface area contributed by atoms with Crippen molar-refractivity contribution in [3.05, 3.63) is 28.2 Å². The van der Waals surface area contributed by atoms with Crippen molar-refractivity contribution in [1.29, 1.82) is 0 Å². The van der Waals surface area contributed by atoms with Crippen LogP contribution in [-0.2, 0) is 16.1 Å². The fourth-order valence-electron chi connectivity index (χ4n) is 4.44. The van der Waals surface area contributed by atoms with Crippen molar-refractivity contribution in [2.45, 2.75) is 26.8 Å². The van der Waals surface area contributed by atoms with E-state index in [-0.39, 0.29) is 59.5 Å². The van der Waals surface area contributed by atoms with Crippen LogP contribution in [0.5, 0.6) is 0 Å². The molecule has 28 heavy (non-hydrogen) atoms. The molecule has 1 aromatic heterocycles. The molecule has 1 saturated carbocycles. The van der Waals surface area contributed by atoms with Crippen LogP contribution in [0.15, 0.2) is 22.7 Å². The van der Waals surface area contributed by atoms with Gasteiger partial charge in [0.2, 0.25) is 11.8 Å². The number of guanidine groups is 1. The van der Waals surface area contributed by atoms with Crippen LogP contribution in [0.2, 0.25) is 0 Å². The van der Waals surface area contributed by atoms with Gasteiger partial charge in [-0.05, 0) is 32.1 Å². The Balaban J connectivity index is 0.00000225. The first-order valence-electron chi connectivity index (χ1n) is 9.54. The van der Waals surface area contributed by atoms with Gasteiger partial charge in [0.1, 0.15) is 0 Å². The van der Waals surface area contributed by atoms with Gasteiger partial charge in [-0.1, -0.05) is 12.2 Å². The van der Waals surface area contributed by atoms with Crippen molar-refractivity contribution in [1.82, 2.24) is 20.5 Å². The minimum Gasteiger partial charge on any atom is -0.357 e. The Kier molecular flexibility index (Phi) is 6.74. The Morgan fingerprint density at radius 3 is 2.50 bits per heavy atom. The molecular weight excluding hydrogens is 489 g/mol. The third-order valence-electron chi connectivity index (χ3n) is 5.76. The molecule has 2 heterocycles. The number of nitrogens with zero attached hydrogens (tertiary/aromatic N) is 3. The number of carbonyl (C=O) groups excluding carboxylic acids is 2. The predicted octanol–water partition coefficient (Wildman–Crippen LogP) is 1.93. The van der Waals surface area contributed by atoms with E-state index < -0.39 is 0 Å². The fraction of sp³-hybridized carbons (Fsp3) is 0.579. The number of imide groups is 1. The van der Waals surface area contributed by atoms with Crippen LogP contribution >= 0.6 is 35.3 Å². The number of thiazole rings is 1. The SMILES string of the molecule is CCNC(=NCc1scnc1C)NCCN1C(=O)C2C3C=CC(C3)C2C1=O.I. The molecule has 7 nitrogen and oxygen atoms in total. The van der Waals surface area contributed by atoms with E-state index in [0.29, 0.717) is 25.6 Å². The molecule has 2 N–H and O–H groups in total. The van der Waals surface area contributed by atoms with Gasteiger partial charge in [0.15, 0.2) is 5.96 Å². The number of likely N-dealkylation sites (tertiary alicyclic amines) is 1. The van der Waals surface area contributed by atoms with E-state index in [9.17, 15) is 9.59 Å². The second-order valence-corrected chi connectivity index (χ2v) is 8.25. The third kappa shape index (κ3) is 3.83. The third-order valence-corrected chi connectivity index (χ3v) is 6.68. The maximum Gasteiger partial charge on any atom is 0.233 e. The van der Waals surface area contributed by atoms with Gasteiger partial charge in [-0.25, -0.2) is 9.98 Å². The van der Waals surface area contributed by atoms with E-state index >= 15 is 0 Å². The molecule has 0 aromatic carbocycles. The lowest BCUT2D eigenvalue weighted by Crippen LogP contribution is -2.43. The Labute approximate surface area is 186 Å². The van der Waals surface area contributed by atoms with E-state index in [4.69, 9.17) is 0 Å². The Bertz CT molecular complexity index is 778. The van der Waals surface area contributed by atoms with Gasteiger partial charge in [-0.15, -0.1) is 35.3 Å². The number of aromatic nitrogens is 1. The number of aryl methyl sites for hydroxylation is 1. The van der Waals surface area contributed by atoms with Crippen molar-refractivity contribution < 1.29 is 9.59 Å². The fourth-order valence-corrected chi connectivity index (χ4v) is 5.14. The summed E-state index contributed by atoms with van der Waals surface area (Å²) in [5, 5.41) is 6.44. The van der Waals surface area contributed by atoms with E-state index in [1.165, 1.54) is 4.90 Å². The molecule has 4 rings (SSSR count). The van der Waals surface area contributed by atoms with Crippen LogP contribution < -0.4 is 10.6 Å². The second kappa shape index (κ2) is 8.89. The monoisotopic (exact) mass is 515 g/mol. The highest BCUT2D eigenvalue weighted by atomic mass is 127. The molecular formula is C19H26IN5O2S. The molecule has 4 atom stereocenters. The molecule has 1 aliphatic heterocycles. The molecule has 0 spiro atoms. The molecule has 2 bridgehead atoms. The summed E-state index contributed by atoms with van der Waals surface area (Å²) in [7, 11) is 0. The summed E-state index contributed by atoms with van der Waals surface area (Å²) in [6.45, 7) is 6.17. The number of allylic oxidation sites excluding steroid dienone is 2. The van der Waals surface area contributed by atoms with Crippen molar-refractivity contribution >= 4 is 53.1 Å². The summed E-state index contributed by atoms with van der Waals surface area (Å²) in [4.78, 5) is 36.8. The van der Waals surface area contributed by atoms with Crippen molar-refractivity contribution in [3.63, 3.8) is 0 Å². The maximum absolute atomic E-state index is 12.7. The first-order valence-corrected chi connectivity index (χ1v) is 10.4. The molecule has 9 heteroatoms. The lowest BCUT2D eigenvalue weighted by Gasteiger charge is -2.18. The van der Waals surface area contributed by atoms with E-state index in [2.05, 4.69) is 32.8 Å². The van der Waals surface area contributed by atoms with Gasteiger partial charge in [0.05, 0.1) is 29.6 Å². The van der Waals surface area contributed by atoms with Crippen LogP contribution in [0.3, 0.4) is 0 Å². The van der Waals surface area contributed by atoms with Gasteiger partial charge in [-0.2, -0.15) is 0 Å². The first kappa shape index (κ1) is 21.2. The van der Waals surface area contributed by atoms with Crippen LogP contribution in [0, 0.1) is 30.6 Å². The molecule has 1 saturated heterocycles. The number of nitrogens with one attached hydrogen (secondary N) is 2. The van der Waals surface area contributed by atoms with Gasteiger partial charge in [0, 0.05) is 24.5 Å². The van der Waals surface area contributed by atoms with Crippen molar-refractivity contribution in [3.8, 4) is 0 Å². The minimum absolute atomic E-state index is 0. The molecule has 1 aromatic rings. The zero-order valence-electron chi connectivity index (χ0n) is 16.1. The molecule has 0 radical (unpaired) electrons. The minimum atomic E-state index is -0.122. The van der Waals surface area contributed by atoms with Crippen molar-refractivity contribution in [2.75, 3.05) is 19.6 Å². The Hall–Kier alpha value is -1.49. The number of hydrogen-bond donors (Lipinski definition) is 2.